The van der Waals surface area contributed by atoms with Crippen molar-refractivity contribution in [3.63, 3.8) is 0 Å². The van der Waals surface area contributed by atoms with Crippen LogP contribution in [0, 0.1) is 0 Å². The second-order valence-corrected chi connectivity index (χ2v) is 4.40. The normalized spacial score (nSPS) is 11.0. The molecule has 0 saturated heterocycles. The molecule has 0 bridgehead atoms. The number of aliphatic hydroxyl groups excluding tert-OH is 1. The number of aromatic nitrogens is 1. The van der Waals surface area contributed by atoms with Gasteiger partial charge in [-0.15, -0.1) is 0 Å². The van der Waals surface area contributed by atoms with E-state index in [0.29, 0.717) is 11.8 Å². The molecular weight excluding hydrogens is 224 g/mol. The molecule has 0 aromatic carbocycles. The van der Waals surface area contributed by atoms with Crippen LogP contribution in [0.25, 0.3) is 0 Å². The number of aliphatic hydroxyl groups is 1. The molecule has 1 N–H and O–H groups in total. The van der Waals surface area contributed by atoms with Crippen molar-refractivity contribution < 1.29 is 5.11 Å². The first kappa shape index (κ1) is 13.4. The highest BCUT2D eigenvalue weighted by molar-refractivity contribution is 6.29. The average molecular weight is 243 g/mol. The Hall–Kier alpha value is -0.640. The Kier molecular flexibility index (Phi) is 6.38. The quantitative estimate of drug-likeness (QED) is 0.589. The zero-order valence-corrected chi connectivity index (χ0v) is 10.5. The Bertz CT molecular complexity index is 307. The first-order valence-electron chi connectivity index (χ1n) is 5.62. The summed E-state index contributed by atoms with van der Waals surface area (Å²) in [7, 11) is 2.09. The van der Waals surface area contributed by atoms with Crippen LogP contribution in [-0.2, 0) is 6.54 Å². The summed E-state index contributed by atoms with van der Waals surface area (Å²) >= 11 is 5.82. The Labute approximate surface area is 102 Å². The van der Waals surface area contributed by atoms with Crippen molar-refractivity contribution in [3.8, 4) is 0 Å². The van der Waals surface area contributed by atoms with Gasteiger partial charge in [0.25, 0.3) is 0 Å². The van der Waals surface area contributed by atoms with Crippen LogP contribution >= 0.6 is 11.6 Å². The van der Waals surface area contributed by atoms with Gasteiger partial charge in [-0.05, 0) is 50.6 Å². The summed E-state index contributed by atoms with van der Waals surface area (Å²) in [5.74, 6) is 0. The Morgan fingerprint density at radius 2 is 2.19 bits per heavy atom. The number of hydrogen-bond acceptors (Lipinski definition) is 3. The number of hydrogen-bond donors (Lipinski definition) is 1. The highest BCUT2D eigenvalue weighted by Gasteiger charge is 2.01. The summed E-state index contributed by atoms with van der Waals surface area (Å²) < 4.78 is 0. The largest absolute Gasteiger partial charge is 0.396 e. The van der Waals surface area contributed by atoms with Crippen molar-refractivity contribution in [2.24, 2.45) is 0 Å². The van der Waals surface area contributed by atoms with Crippen LogP contribution in [0.5, 0.6) is 0 Å². The smallest absolute Gasteiger partial charge is 0.129 e. The van der Waals surface area contributed by atoms with E-state index < -0.39 is 0 Å². The van der Waals surface area contributed by atoms with E-state index >= 15 is 0 Å². The second-order valence-electron chi connectivity index (χ2n) is 4.01. The van der Waals surface area contributed by atoms with Gasteiger partial charge in [0.1, 0.15) is 5.15 Å². The van der Waals surface area contributed by atoms with Crippen LogP contribution < -0.4 is 0 Å². The van der Waals surface area contributed by atoms with E-state index in [0.717, 1.165) is 32.4 Å². The number of nitrogens with zero attached hydrogens (tertiary/aromatic N) is 2. The summed E-state index contributed by atoms with van der Waals surface area (Å²) in [4.78, 5) is 6.21. The molecule has 1 aromatic heterocycles. The minimum atomic E-state index is 0.295. The molecule has 90 valence electrons. The molecule has 16 heavy (non-hydrogen) atoms. The third kappa shape index (κ3) is 5.45. The molecule has 4 heteroatoms. The van der Waals surface area contributed by atoms with Gasteiger partial charge in [-0.3, -0.25) is 0 Å². The first-order chi connectivity index (χ1) is 7.72. The van der Waals surface area contributed by atoms with Gasteiger partial charge in [-0.2, -0.15) is 0 Å². The molecule has 0 atom stereocenters. The monoisotopic (exact) mass is 242 g/mol. The van der Waals surface area contributed by atoms with Crippen molar-refractivity contribution in [1.82, 2.24) is 9.88 Å². The van der Waals surface area contributed by atoms with E-state index in [1.54, 1.807) is 6.20 Å². The van der Waals surface area contributed by atoms with Gasteiger partial charge in [0.05, 0.1) is 0 Å². The number of pyridine rings is 1. The molecule has 0 aliphatic heterocycles. The van der Waals surface area contributed by atoms with Gasteiger partial charge in [-0.1, -0.05) is 11.6 Å². The molecule has 0 unspecified atom stereocenters. The number of unbranched alkanes of at least 4 members (excludes halogenated alkanes) is 2. The average Bonchev–Trinajstić information content (AvgIpc) is 2.24. The standard InChI is InChI=1S/C12H19ClN2O/c1-15(7-3-2-4-8-16)10-11-5-6-14-12(13)9-11/h5-6,9,16H,2-4,7-8,10H2,1H3. The van der Waals surface area contributed by atoms with Gasteiger partial charge in [-0.25, -0.2) is 4.98 Å². The molecule has 0 fully saturated rings. The molecule has 3 nitrogen and oxygen atoms in total. The highest BCUT2D eigenvalue weighted by atomic mass is 35.5. The second kappa shape index (κ2) is 7.60. The molecule has 0 amide bonds. The fraction of sp³-hybridized carbons (Fsp3) is 0.583. The molecule has 0 saturated carbocycles. The Morgan fingerprint density at radius 3 is 2.88 bits per heavy atom. The molecule has 0 radical (unpaired) electrons. The minimum Gasteiger partial charge on any atom is -0.396 e. The van der Waals surface area contributed by atoms with Crippen LogP contribution in [0.1, 0.15) is 24.8 Å². The van der Waals surface area contributed by atoms with Crippen LogP contribution in [0.3, 0.4) is 0 Å². The van der Waals surface area contributed by atoms with E-state index in [4.69, 9.17) is 16.7 Å². The maximum atomic E-state index is 8.66. The Morgan fingerprint density at radius 1 is 1.38 bits per heavy atom. The molecule has 1 aromatic rings. The first-order valence-corrected chi connectivity index (χ1v) is 6.00. The van der Waals surface area contributed by atoms with E-state index in [-0.39, 0.29) is 0 Å². The van der Waals surface area contributed by atoms with Crippen molar-refractivity contribution in [3.05, 3.63) is 29.0 Å². The van der Waals surface area contributed by atoms with Gasteiger partial charge >= 0.3 is 0 Å². The lowest BCUT2D eigenvalue weighted by atomic mass is 10.2. The maximum absolute atomic E-state index is 8.66. The lowest BCUT2D eigenvalue weighted by Gasteiger charge is -2.16. The molecule has 0 aliphatic rings. The zero-order valence-electron chi connectivity index (χ0n) is 9.69. The summed E-state index contributed by atoms with van der Waals surface area (Å²) in [5, 5.41) is 9.21. The predicted octanol–water partition coefficient (Wildman–Crippen LogP) is 2.33. The molecule has 0 spiro atoms. The van der Waals surface area contributed by atoms with Gasteiger partial charge < -0.3 is 10.0 Å². The number of rotatable bonds is 7. The lowest BCUT2D eigenvalue weighted by Crippen LogP contribution is -2.19. The minimum absolute atomic E-state index is 0.295. The van der Waals surface area contributed by atoms with E-state index in [2.05, 4.69) is 16.9 Å². The fourth-order valence-electron chi connectivity index (χ4n) is 1.60. The summed E-state index contributed by atoms with van der Waals surface area (Å²) in [6.07, 6.45) is 4.83. The lowest BCUT2D eigenvalue weighted by molar-refractivity contribution is 0.271. The SMILES string of the molecule is CN(CCCCCO)Cc1ccnc(Cl)c1. The summed E-state index contributed by atoms with van der Waals surface area (Å²) in [6.45, 7) is 2.23. The van der Waals surface area contributed by atoms with Gasteiger partial charge in [0.15, 0.2) is 0 Å². The highest BCUT2D eigenvalue weighted by Crippen LogP contribution is 2.09. The van der Waals surface area contributed by atoms with E-state index in [1.165, 1.54) is 5.56 Å². The number of halogens is 1. The summed E-state index contributed by atoms with van der Waals surface area (Å²) in [5.41, 5.74) is 1.18. The summed E-state index contributed by atoms with van der Waals surface area (Å²) in [6, 6.07) is 3.88. The predicted molar refractivity (Wildman–Crippen MR) is 66.5 cm³/mol. The van der Waals surface area contributed by atoms with Crippen molar-refractivity contribution >= 4 is 11.6 Å². The van der Waals surface area contributed by atoms with E-state index in [1.807, 2.05) is 12.1 Å². The zero-order chi connectivity index (χ0) is 11.8. The topological polar surface area (TPSA) is 36.4 Å². The maximum Gasteiger partial charge on any atom is 0.129 e. The van der Waals surface area contributed by atoms with Crippen LogP contribution in [0.15, 0.2) is 18.3 Å². The van der Waals surface area contributed by atoms with Crippen LogP contribution in [0.2, 0.25) is 5.15 Å². The molecule has 0 aliphatic carbocycles. The Balaban J connectivity index is 2.25. The third-order valence-corrected chi connectivity index (χ3v) is 2.65. The van der Waals surface area contributed by atoms with Gasteiger partial charge in [0, 0.05) is 19.3 Å². The van der Waals surface area contributed by atoms with Crippen LogP contribution in [0.4, 0.5) is 0 Å². The van der Waals surface area contributed by atoms with Gasteiger partial charge in [0.2, 0.25) is 0 Å². The third-order valence-electron chi connectivity index (χ3n) is 2.44. The van der Waals surface area contributed by atoms with E-state index in [9.17, 15) is 0 Å². The molecule has 1 rings (SSSR count). The van der Waals surface area contributed by atoms with Crippen LogP contribution in [-0.4, -0.2) is 35.2 Å². The van der Waals surface area contributed by atoms with Crippen molar-refractivity contribution in [2.45, 2.75) is 25.8 Å². The van der Waals surface area contributed by atoms with Crippen molar-refractivity contribution in [2.75, 3.05) is 20.2 Å². The molecule has 1 heterocycles. The van der Waals surface area contributed by atoms with Crippen molar-refractivity contribution in [1.29, 1.82) is 0 Å². The fourth-order valence-corrected chi connectivity index (χ4v) is 1.80. The molecular formula is C12H19ClN2O.